The topological polar surface area (TPSA) is 76.7 Å². The third-order valence-electron chi connectivity index (χ3n) is 11.0. The molecule has 1 aromatic heterocycles. The highest BCUT2D eigenvalue weighted by atomic mass is 16.7. The molecule has 4 aliphatic rings. The zero-order valence-electron chi connectivity index (χ0n) is 28.1. The highest BCUT2D eigenvalue weighted by molar-refractivity contribution is 6.62. The van der Waals surface area contributed by atoms with Crippen LogP contribution in [0.3, 0.4) is 0 Å². The van der Waals surface area contributed by atoms with Gasteiger partial charge in [-0.05, 0) is 126 Å². The first-order valence-electron chi connectivity index (χ1n) is 16.9. The Hall–Kier alpha value is -3.10. The fraction of sp³-hybridized carbons (Fsp3) is 0.568. The molecule has 1 saturated carbocycles. The van der Waals surface area contributed by atoms with E-state index in [4.69, 9.17) is 19.0 Å². The van der Waals surface area contributed by atoms with Gasteiger partial charge in [0.05, 0.1) is 29.1 Å². The standard InChI is InChI=1S/C37H48BN3O4/c1-34(2,3)43-33(42)41-20-10-11-31(41)32-39-23-30(40-32)25-14-12-24(13-15-25)26-16-17-29(38-44-35(4,5)36(6,7)45-38)28-22-37(21-27(26)28)18-8-9-19-37/h12-17,23,31H,8-11,18-22H2,1-7H3,(H,39,40)/t31-/m0/s1. The number of rotatable bonds is 4. The van der Waals surface area contributed by atoms with Crippen LogP contribution in [0.4, 0.5) is 4.79 Å². The Morgan fingerprint density at radius 1 is 0.933 bits per heavy atom. The van der Waals surface area contributed by atoms with Gasteiger partial charge in [0.1, 0.15) is 11.4 Å². The minimum Gasteiger partial charge on any atom is -0.444 e. The molecule has 3 aromatic rings. The second-order valence-electron chi connectivity index (χ2n) is 15.9. The predicted molar refractivity (Wildman–Crippen MR) is 178 cm³/mol. The van der Waals surface area contributed by atoms with Crippen LogP contribution >= 0.6 is 0 Å². The average molecular weight is 610 g/mol. The van der Waals surface area contributed by atoms with Crippen LogP contribution in [0.1, 0.15) is 110 Å². The molecule has 2 aliphatic carbocycles. The van der Waals surface area contributed by atoms with E-state index in [0.29, 0.717) is 12.0 Å². The maximum Gasteiger partial charge on any atom is 0.495 e. The summed E-state index contributed by atoms with van der Waals surface area (Å²) in [4.78, 5) is 22.9. The third-order valence-corrected chi connectivity index (χ3v) is 11.0. The van der Waals surface area contributed by atoms with Gasteiger partial charge < -0.3 is 19.0 Å². The highest BCUT2D eigenvalue weighted by Gasteiger charge is 2.53. The van der Waals surface area contributed by atoms with Crippen LogP contribution in [0.5, 0.6) is 0 Å². The molecule has 2 saturated heterocycles. The van der Waals surface area contributed by atoms with Gasteiger partial charge in [-0.1, -0.05) is 49.2 Å². The summed E-state index contributed by atoms with van der Waals surface area (Å²) in [5.41, 5.74) is 7.86. The van der Waals surface area contributed by atoms with E-state index in [9.17, 15) is 4.79 Å². The molecule has 1 atom stereocenters. The molecule has 2 aromatic carbocycles. The molecule has 8 heteroatoms. The molecule has 0 radical (unpaired) electrons. The molecule has 7 rings (SSSR count). The normalized spacial score (nSPS) is 23.2. The number of hydrogen-bond donors (Lipinski definition) is 1. The zero-order chi connectivity index (χ0) is 31.8. The van der Waals surface area contributed by atoms with E-state index in [1.807, 2.05) is 31.9 Å². The fourth-order valence-corrected chi connectivity index (χ4v) is 7.95. The number of benzene rings is 2. The van der Waals surface area contributed by atoms with Crippen molar-refractivity contribution in [2.75, 3.05) is 6.54 Å². The van der Waals surface area contributed by atoms with E-state index in [2.05, 4.69) is 69.1 Å². The summed E-state index contributed by atoms with van der Waals surface area (Å²) in [7, 11) is -0.336. The van der Waals surface area contributed by atoms with Crippen molar-refractivity contribution in [1.29, 1.82) is 0 Å². The van der Waals surface area contributed by atoms with Crippen LogP contribution in [0.2, 0.25) is 0 Å². The quantitative estimate of drug-likeness (QED) is 0.306. The smallest absolute Gasteiger partial charge is 0.444 e. The number of likely N-dealkylation sites (tertiary alicyclic amines) is 1. The first-order valence-corrected chi connectivity index (χ1v) is 16.9. The number of aromatic nitrogens is 2. The Morgan fingerprint density at radius 3 is 2.24 bits per heavy atom. The Balaban J connectivity index is 1.15. The van der Waals surface area contributed by atoms with Crippen LogP contribution in [-0.4, -0.2) is 51.4 Å². The molecule has 0 bridgehead atoms. The van der Waals surface area contributed by atoms with Crippen LogP contribution in [-0.2, 0) is 26.9 Å². The first-order chi connectivity index (χ1) is 21.2. The van der Waals surface area contributed by atoms with Crippen molar-refractivity contribution >= 4 is 18.7 Å². The second-order valence-corrected chi connectivity index (χ2v) is 15.9. The molecule has 1 spiro atoms. The monoisotopic (exact) mass is 609 g/mol. The summed E-state index contributed by atoms with van der Waals surface area (Å²) in [5, 5.41) is 0. The van der Waals surface area contributed by atoms with Crippen molar-refractivity contribution in [1.82, 2.24) is 14.9 Å². The van der Waals surface area contributed by atoms with Crippen molar-refractivity contribution < 1.29 is 18.8 Å². The highest BCUT2D eigenvalue weighted by Crippen LogP contribution is 2.51. The Labute approximate surface area is 268 Å². The number of fused-ring (bicyclic) bond motifs is 1. The Morgan fingerprint density at radius 2 is 1.58 bits per heavy atom. The molecule has 1 amide bonds. The predicted octanol–water partition coefficient (Wildman–Crippen LogP) is 7.77. The van der Waals surface area contributed by atoms with E-state index >= 15 is 0 Å². The lowest BCUT2D eigenvalue weighted by molar-refractivity contribution is 0.00578. The Bertz CT molecular complexity index is 1580. The maximum absolute atomic E-state index is 12.9. The molecular weight excluding hydrogens is 561 g/mol. The number of carbonyl (C=O) groups excluding carboxylic acids is 1. The molecule has 3 heterocycles. The van der Waals surface area contributed by atoms with Gasteiger partial charge in [-0.15, -0.1) is 0 Å². The van der Waals surface area contributed by atoms with Crippen molar-refractivity contribution in [2.24, 2.45) is 5.41 Å². The van der Waals surface area contributed by atoms with Crippen molar-refractivity contribution in [3.05, 3.63) is 59.5 Å². The van der Waals surface area contributed by atoms with Gasteiger partial charge in [0.15, 0.2) is 0 Å². The van der Waals surface area contributed by atoms with Crippen LogP contribution in [0.25, 0.3) is 22.4 Å². The lowest BCUT2D eigenvalue weighted by Crippen LogP contribution is -2.41. The number of carbonyl (C=O) groups is 1. The summed E-state index contributed by atoms with van der Waals surface area (Å²) >= 11 is 0. The van der Waals surface area contributed by atoms with E-state index in [-0.39, 0.29) is 30.5 Å². The van der Waals surface area contributed by atoms with Crippen molar-refractivity contribution in [3.63, 3.8) is 0 Å². The molecule has 1 N–H and O–H groups in total. The summed E-state index contributed by atoms with van der Waals surface area (Å²) in [6.45, 7) is 14.9. The number of aromatic amines is 1. The van der Waals surface area contributed by atoms with Gasteiger partial charge in [-0.25, -0.2) is 9.78 Å². The molecule has 7 nitrogen and oxygen atoms in total. The third kappa shape index (κ3) is 5.52. The lowest BCUT2D eigenvalue weighted by Gasteiger charge is -2.32. The average Bonchev–Trinajstić information content (AvgIpc) is 3.79. The number of H-pyrrole nitrogens is 1. The van der Waals surface area contributed by atoms with Gasteiger partial charge >= 0.3 is 13.2 Å². The van der Waals surface area contributed by atoms with Gasteiger partial charge in [0.25, 0.3) is 0 Å². The van der Waals surface area contributed by atoms with Gasteiger partial charge in [0, 0.05) is 6.54 Å². The maximum atomic E-state index is 12.9. The van der Waals surface area contributed by atoms with Gasteiger partial charge in [0.2, 0.25) is 0 Å². The minimum atomic E-state index is -0.523. The van der Waals surface area contributed by atoms with E-state index < -0.39 is 5.60 Å². The number of amides is 1. The molecule has 0 unspecified atom stereocenters. The second kappa shape index (κ2) is 10.7. The first kappa shape index (κ1) is 30.6. The van der Waals surface area contributed by atoms with E-state index in [0.717, 1.165) is 42.8 Å². The van der Waals surface area contributed by atoms with Crippen molar-refractivity contribution in [3.8, 4) is 22.4 Å². The fourth-order valence-electron chi connectivity index (χ4n) is 7.95. The summed E-state index contributed by atoms with van der Waals surface area (Å²) in [6, 6.07) is 13.3. The van der Waals surface area contributed by atoms with Gasteiger partial charge in [-0.3, -0.25) is 4.90 Å². The molecule has 3 fully saturated rings. The molecule has 45 heavy (non-hydrogen) atoms. The summed E-state index contributed by atoms with van der Waals surface area (Å²) < 4.78 is 18.8. The van der Waals surface area contributed by atoms with Gasteiger partial charge in [-0.2, -0.15) is 0 Å². The summed E-state index contributed by atoms with van der Waals surface area (Å²) in [6.07, 6.45) is 10.9. The molecule has 2 aliphatic heterocycles. The number of hydrogen-bond acceptors (Lipinski definition) is 5. The summed E-state index contributed by atoms with van der Waals surface area (Å²) in [5.74, 6) is 0.815. The van der Waals surface area contributed by atoms with Crippen LogP contribution in [0, 0.1) is 5.41 Å². The number of nitrogens with one attached hydrogen (secondary N) is 1. The molecular formula is C37H48BN3O4. The lowest BCUT2D eigenvalue weighted by atomic mass is 9.73. The largest absolute Gasteiger partial charge is 0.495 e. The number of nitrogens with zero attached hydrogens (tertiary/aromatic N) is 2. The van der Waals surface area contributed by atoms with Crippen molar-refractivity contribution in [2.45, 2.75) is 123 Å². The molecule has 238 valence electrons. The SMILES string of the molecule is CC(C)(C)OC(=O)N1CCC[C@H]1c1ncc(-c2ccc(-c3ccc(B4OC(C)(C)C(C)(C)O4)c4c3CC3(CCCC3)C4)cc2)[nH]1. The minimum absolute atomic E-state index is 0.0964. The van der Waals surface area contributed by atoms with E-state index in [1.165, 1.54) is 53.4 Å². The number of ether oxygens (including phenoxy) is 1. The zero-order valence-corrected chi connectivity index (χ0v) is 28.1. The van der Waals surface area contributed by atoms with Crippen LogP contribution in [0.15, 0.2) is 42.6 Å². The van der Waals surface area contributed by atoms with E-state index in [1.54, 1.807) is 0 Å². The Kier molecular flexibility index (Phi) is 7.29. The number of imidazole rings is 1. The van der Waals surface area contributed by atoms with Crippen LogP contribution < -0.4 is 5.46 Å².